The zero-order valence-electron chi connectivity index (χ0n) is 14.0. The summed E-state index contributed by atoms with van der Waals surface area (Å²) in [6, 6.07) is 0. The molecule has 120 valence electrons. The highest BCUT2D eigenvalue weighted by atomic mass is 32.1. The van der Waals surface area contributed by atoms with Crippen molar-refractivity contribution in [1.82, 2.24) is 0 Å². The first-order chi connectivity index (χ1) is 10.4. The van der Waals surface area contributed by atoms with Crippen LogP contribution in [-0.4, -0.2) is 4.99 Å². The molecule has 4 rings (SSSR count). The summed E-state index contributed by atoms with van der Waals surface area (Å²) in [5, 5.41) is 0. The third-order valence-corrected chi connectivity index (χ3v) is 7.89. The molecule has 3 saturated carbocycles. The van der Waals surface area contributed by atoms with Crippen molar-refractivity contribution in [1.29, 1.82) is 0 Å². The molecule has 1 nitrogen and oxygen atoms in total. The van der Waals surface area contributed by atoms with E-state index in [2.05, 4.69) is 32.1 Å². The fourth-order valence-corrected chi connectivity index (χ4v) is 6.01. The maximum atomic E-state index is 6.22. The predicted molar refractivity (Wildman–Crippen MR) is 96.6 cm³/mol. The number of rotatable bonds is 2. The third kappa shape index (κ3) is 2.13. The Hall–Kier alpha value is -0.630. The Balaban J connectivity index is 1.74. The molecule has 0 aromatic carbocycles. The Morgan fingerprint density at radius 1 is 1.23 bits per heavy atom. The van der Waals surface area contributed by atoms with Gasteiger partial charge in [0.15, 0.2) is 0 Å². The van der Waals surface area contributed by atoms with Crippen LogP contribution < -0.4 is 5.73 Å². The molecule has 0 aliphatic heterocycles. The molecule has 0 saturated heterocycles. The summed E-state index contributed by atoms with van der Waals surface area (Å²) in [5.74, 6) is 1.52. The second-order valence-electron chi connectivity index (χ2n) is 9.09. The van der Waals surface area contributed by atoms with Gasteiger partial charge in [0.1, 0.15) is 0 Å². The van der Waals surface area contributed by atoms with Gasteiger partial charge in [0.25, 0.3) is 0 Å². The van der Waals surface area contributed by atoms with Gasteiger partial charge in [0.2, 0.25) is 0 Å². The van der Waals surface area contributed by atoms with Gasteiger partial charge in [0, 0.05) is 5.41 Å². The summed E-state index contributed by atoms with van der Waals surface area (Å²) in [7, 11) is 0. The predicted octanol–water partition coefficient (Wildman–Crippen LogP) is 5.16. The first-order valence-corrected chi connectivity index (χ1v) is 9.47. The lowest BCUT2D eigenvalue weighted by molar-refractivity contribution is 0.00274. The molecule has 2 bridgehead atoms. The molecule has 0 heterocycles. The number of hydrogen-bond donors (Lipinski definition) is 1. The summed E-state index contributed by atoms with van der Waals surface area (Å²) in [4.78, 5) is 0.757. The second-order valence-corrected chi connectivity index (χ2v) is 9.53. The highest BCUT2D eigenvalue weighted by Crippen LogP contribution is 2.71. The molecule has 0 aromatic heterocycles. The van der Waals surface area contributed by atoms with Crippen molar-refractivity contribution in [2.45, 2.75) is 65.2 Å². The molecular weight excluding hydrogens is 286 g/mol. The van der Waals surface area contributed by atoms with E-state index in [1.54, 1.807) is 5.57 Å². The average molecular weight is 316 g/mol. The first-order valence-electron chi connectivity index (χ1n) is 9.06. The van der Waals surface area contributed by atoms with E-state index in [1.807, 2.05) is 0 Å². The van der Waals surface area contributed by atoms with Gasteiger partial charge in [0.05, 0.1) is 4.99 Å². The molecule has 4 atom stereocenters. The molecule has 4 aliphatic carbocycles. The molecule has 0 radical (unpaired) electrons. The summed E-state index contributed by atoms with van der Waals surface area (Å²) in [6.45, 7) is 4.69. The fraction of sp³-hybridized carbons (Fsp3) is 0.750. The van der Waals surface area contributed by atoms with Crippen molar-refractivity contribution in [3.8, 4) is 0 Å². The topological polar surface area (TPSA) is 26.0 Å². The third-order valence-electron chi connectivity index (χ3n) is 7.40. The van der Waals surface area contributed by atoms with Crippen molar-refractivity contribution in [2.24, 2.45) is 33.8 Å². The van der Waals surface area contributed by atoms with Gasteiger partial charge in [-0.3, -0.25) is 0 Å². The van der Waals surface area contributed by atoms with Crippen molar-refractivity contribution < 1.29 is 0 Å². The monoisotopic (exact) mass is 315 g/mol. The molecule has 3 fully saturated rings. The van der Waals surface area contributed by atoms with Gasteiger partial charge < -0.3 is 5.73 Å². The smallest absolute Gasteiger partial charge is 0.0787 e. The first kappa shape index (κ1) is 14.9. The van der Waals surface area contributed by atoms with E-state index < -0.39 is 0 Å². The van der Waals surface area contributed by atoms with Gasteiger partial charge >= 0.3 is 0 Å². The average Bonchev–Trinajstić information content (AvgIpc) is 3.25. The van der Waals surface area contributed by atoms with Crippen molar-refractivity contribution in [2.75, 3.05) is 0 Å². The van der Waals surface area contributed by atoms with Gasteiger partial charge in [-0.05, 0) is 79.6 Å². The Morgan fingerprint density at radius 2 is 1.95 bits per heavy atom. The van der Waals surface area contributed by atoms with Crippen molar-refractivity contribution >= 4 is 17.2 Å². The van der Waals surface area contributed by atoms with E-state index in [1.165, 1.54) is 51.4 Å². The van der Waals surface area contributed by atoms with Gasteiger partial charge in [-0.15, -0.1) is 0 Å². The van der Waals surface area contributed by atoms with Crippen LogP contribution in [0.4, 0.5) is 0 Å². The largest absolute Gasteiger partial charge is 0.393 e. The Morgan fingerprint density at radius 3 is 2.59 bits per heavy atom. The summed E-state index contributed by atoms with van der Waals surface area (Å²) < 4.78 is 0. The standard InChI is InChI=1S/C20H29NS/c1-14-4-3-5-15(10-14)20-9-8-19(6-7-19)16(12-20)11-18(2,13-20)17(21)22/h3,5,10,14,16H,4,6-9,11-13H2,1-2H3,(H2,21,22). The highest BCUT2D eigenvalue weighted by molar-refractivity contribution is 7.80. The molecule has 2 N–H and O–H groups in total. The molecular formula is C20H29NS. The summed E-state index contributed by atoms with van der Waals surface area (Å²) in [6.07, 6.45) is 18.0. The summed E-state index contributed by atoms with van der Waals surface area (Å²) >= 11 is 5.52. The molecule has 2 heteroatoms. The summed E-state index contributed by atoms with van der Waals surface area (Å²) in [5.41, 5.74) is 8.90. The molecule has 4 aliphatic rings. The number of allylic oxidation sites excluding steroid dienone is 4. The van der Waals surface area contributed by atoms with E-state index in [4.69, 9.17) is 18.0 Å². The normalized spacial score (nSPS) is 45.5. The van der Waals surface area contributed by atoms with E-state index >= 15 is 0 Å². The van der Waals surface area contributed by atoms with Crippen LogP contribution in [0.2, 0.25) is 0 Å². The molecule has 4 unspecified atom stereocenters. The van der Waals surface area contributed by atoms with E-state index in [-0.39, 0.29) is 5.41 Å². The highest BCUT2D eigenvalue weighted by Gasteiger charge is 2.61. The molecule has 22 heavy (non-hydrogen) atoms. The Bertz CT molecular complexity index is 570. The van der Waals surface area contributed by atoms with Gasteiger partial charge in [-0.1, -0.05) is 44.3 Å². The zero-order chi connectivity index (χ0) is 15.6. The SMILES string of the molecule is CC1C=C(C23CCC4(CC4)C(CC(C)(C(N)=S)C2)C3)C=CC1. The molecule has 0 aromatic rings. The Kier molecular flexibility index (Phi) is 3.18. The Labute approximate surface area is 140 Å². The number of nitrogens with two attached hydrogens (primary N) is 1. The van der Waals surface area contributed by atoms with E-state index in [0.717, 1.165) is 10.9 Å². The van der Waals surface area contributed by atoms with Crippen LogP contribution in [0.15, 0.2) is 23.8 Å². The van der Waals surface area contributed by atoms with Crippen molar-refractivity contribution in [3.63, 3.8) is 0 Å². The van der Waals surface area contributed by atoms with Crippen LogP contribution in [0, 0.1) is 28.1 Å². The van der Waals surface area contributed by atoms with Crippen molar-refractivity contribution in [3.05, 3.63) is 23.8 Å². The van der Waals surface area contributed by atoms with Crippen LogP contribution in [0.25, 0.3) is 0 Å². The number of fused-ring (bicyclic) bond motifs is 3. The number of thiocarbonyl (C=S) groups is 1. The zero-order valence-corrected chi connectivity index (χ0v) is 14.8. The van der Waals surface area contributed by atoms with Crippen LogP contribution in [0.1, 0.15) is 65.2 Å². The maximum Gasteiger partial charge on any atom is 0.0787 e. The second kappa shape index (κ2) is 4.69. The van der Waals surface area contributed by atoms with Gasteiger partial charge in [-0.2, -0.15) is 0 Å². The lowest BCUT2D eigenvalue weighted by atomic mass is 9.48. The van der Waals surface area contributed by atoms with Crippen LogP contribution in [-0.2, 0) is 0 Å². The fourth-order valence-electron chi connectivity index (χ4n) is 5.86. The minimum absolute atomic E-state index is 0.0592. The van der Waals surface area contributed by atoms with Crippen LogP contribution in [0.5, 0.6) is 0 Å². The molecule has 1 spiro atoms. The lowest BCUT2D eigenvalue weighted by Crippen LogP contribution is -2.50. The quantitative estimate of drug-likeness (QED) is 0.712. The van der Waals surface area contributed by atoms with Crippen LogP contribution >= 0.6 is 12.2 Å². The maximum absolute atomic E-state index is 6.22. The minimum Gasteiger partial charge on any atom is -0.393 e. The van der Waals surface area contributed by atoms with Crippen LogP contribution in [0.3, 0.4) is 0 Å². The number of hydrogen-bond acceptors (Lipinski definition) is 1. The minimum atomic E-state index is 0.0592. The van der Waals surface area contributed by atoms with Gasteiger partial charge in [-0.25, -0.2) is 0 Å². The van der Waals surface area contributed by atoms with E-state index in [9.17, 15) is 0 Å². The van der Waals surface area contributed by atoms with E-state index in [0.29, 0.717) is 16.7 Å². The molecule has 0 amide bonds. The lowest BCUT2D eigenvalue weighted by Gasteiger charge is -2.56.